The summed E-state index contributed by atoms with van der Waals surface area (Å²) in [6.45, 7) is 0. The second-order valence-electron chi connectivity index (χ2n) is 6.30. The van der Waals surface area contributed by atoms with Crippen LogP contribution in [0.2, 0.25) is 0 Å². The highest BCUT2D eigenvalue weighted by atomic mass is 16.5. The molecule has 1 aromatic heterocycles. The van der Waals surface area contributed by atoms with Gasteiger partial charge >= 0.3 is 0 Å². The van der Waals surface area contributed by atoms with Crippen LogP contribution in [0.1, 0.15) is 30.3 Å². The number of hydrogen-bond donors (Lipinski definition) is 1. The van der Waals surface area contributed by atoms with Crippen molar-refractivity contribution in [1.29, 1.82) is 0 Å². The van der Waals surface area contributed by atoms with Crippen molar-refractivity contribution in [2.75, 3.05) is 12.8 Å². The molecule has 0 bridgehead atoms. The summed E-state index contributed by atoms with van der Waals surface area (Å²) >= 11 is 0. The fourth-order valence-electron chi connectivity index (χ4n) is 3.09. The Balaban J connectivity index is 1.68. The summed E-state index contributed by atoms with van der Waals surface area (Å²) in [6, 6.07) is 7.59. The summed E-state index contributed by atoms with van der Waals surface area (Å²) in [6.07, 6.45) is 15.0. The molecule has 0 saturated heterocycles. The maximum absolute atomic E-state index is 6.10. The quantitative estimate of drug-likeness (QED) is 0.853. The first-order chi connectivity index (χ1) is 13.2. The molecule has 0 saturated carbocycles. The minimum atomic E-state index is -0.540. The van der Waals surface area contributed by atoms with Gasteiger partial charge in [0.05, 0.1) is 11.9 Å². The Bertz CT molecular complexity index is 1020. The summed E-state index contributed by atoms with van der Waals surface area (Å²) in [5.41, 5.74) is 9.81. The van der Waals surface area contributed by atoms with E-state index in [0.29, 0.717) is 23.1 Å². The van der Waals surface area contributed by atoms with E-state index in [1.165, 1.54) is 0 Å². The zero-order valence-corrected chi connectivity index (χ0v) is 15.0. The number of nitrogens with two attached hydrogens (primary N) is 1. The van der Waals surface area contributed by atoms with Gasteiger partial charge in [-0.15, -0.1) is 11.5 Å². The van der Waals surface area contributed by atoms with Crippen molar-refractivity contribution in [3.05, 3.63) is 65.5 Å². The van der Waals surface area contributed by atoms with E-state index < -0.39 is 6.23 Å². The molecule has 2 aliphatic rings. The van der Waals surface area contributed by atoms with Gasteiger partial charge in [0.25, 0.3) is 0 Å². The number of nitrogen functional groups attached to an aromatic ring is 1. The predicted octanol–water partition coefficient (Wildman–Crippen LogP) is 3.26. The number of allylic oxidation sites excluding steroid dienone is 2. The molecule has 4 rings (SSSR count). The summed E-state index contributed by atoms with van der Waals surface area (Å²) < 4.78 is 6.06. The maximum Gasteiger partial charge on any atom is 0.240 e. The summed E-state index contributed by atoms with van der Waals surface area (Å²) in [5, 5.41) is 6.20. The summed E-state index contributed by atoms with van der Waals surface area (Å²) in [7, 11) is 1.83. The number of hydrogen-bond acceptors (Lipinski definition) is 6. The Morgan fingerprint density at radius 1 is 1.30 bits per heavy atom. The zero-order valence-electron chi connectivity index (χ0n) is 15.0. The van der Waals surface area contributed by atoms with Crippen molar-refractivity contribution in [3.8, 4) is 23.6 Å². The third-order valence-electron chi connectivity index (χ3n) is 4.47. The molecule has 134 valence electrons. The molecule has 0 radical (unpaired) electrons. The molecule has 1 unspecified atom stereocenters. The number of terminal acetylenes is 1. The zero-order chi connectivity index (χ0) is 18.8. The average molecular weight is 357 g/mol. The van der Waals surface area contributed by atoms with Crippen LogP contribution in [-0.4, -0.2) is 27.9 Å². The van der Waals surface area contributed by atoms with Gasteiger partial charge in [-0.3, -0.25) is 5.01 Å². The number of rotatable bonds is 3. The molecule has 6 nitrogen and oxygen atoms in total. The van der Waals surface area contributed by atoms with Crippen LogP contribution in [0.4, 0.5) is 5.82 Å². The normalized spacial score (nSPS) is 18.5. The Labute approximate surface area is 158 Å². The molecule has 1 aromatic carbocycles. The molecule has 6 heteroatoms. The lowest BCUT2D eigenvalue weighted by molar-refractivity contribution is 0.0744. The predicted molar refractivity (Wildman–Crippen MR) is 105 cm³/mol. The SMILES string of the molecule is C#Cc1ccccc1-c1cnc(N)c(C2OC(C3=CCCC=C3)=NN2C)n1. The first-order valence-corrected chi connectivity index (χ1v) is 8.71. The minimum Gasteiger partial charge on any atom is -0.444 e. The minimum absolute atomic E-state index is 0.304. The Morgan fingerprint density at radius 2 is 2.15 bits per heavy atom. The van der Waals surface area contributed by atoms with Crippen LogP contribution < -0.4 is 5.73 Å². The molecule has 0 amide bonds. The molecule has 0 spiro atoms. The van der Waals surface area contributed by atoms with E-state index in [9.17, 15) is 0 Å². The number of aromatic nitrogens is 2. The van der Waals surface area contributed by atoms with Crippen molar-refractivity contribution >= 4 is 11.7 Å². The molecule has 0 fully saturated rings. The monoisotopic (exact) mass is 357 g/mol. The Kier molecular flexibility index (Phi) is 4.35. The third-order valence-corrected chi connectivity index (χ3v) is 4.47. The average Bonchev–Trinajstić information content (AvgIpc) is 3.10. The van der Waals surface area contributed by atoms with Crippen LogP contribution in [0.3, 0.4) is 0 Å². The van der Waals surface area contributed by atoms with Gasteiger partial charge in [-0.25, -0.2) is 9.97 Å². The fourth-order valence-corrected chi connectivity index (χ4v) is 3.09. The van der Waals surface area contributed by atoms with Gasteiger partial charge in [0.1, 0.15) is 5.69 Å². The van der Waals surface area contributed by atoms with Crippen LogP contribution >= 0.6 is 0 Å². The smallest absolute Gasteiger partial charge is 0.240 e. The molecule has 2 N–H and O–H groups in total. The largest absolute Gasteiger partial charge is 0.444 e. The van der Waals surface area contributed by atoms with Gasteiger partial charge < -0.3 is 10.5 Å². The van der Waals surface area contributed by atoms with Crippen molar-refractivity contribution < 1.29 is 4.74 Å². The third kappa shape index (κ3) is 3.15. The lowest BCUT2D eigenvalue weighted by Crippen LogP contribution is -2.20. The van der Waals surface area contributed by atoms with Gasteiger partial charge in [0, 0.05) is 23.7 Å². The Hall–Kier alpha value is -3.59. The molecular formula is C21H19N5O. The lowest BCUT2D eigenvalue weighted by Gasteiger charge is -2.19. The fraction of sp³-hybridized carbons (Fsp3) is 0.190. The van der Waals surface area contributed by atoms with Crippen molar-refractivity contribution in [3.63, 3.8) is 0 Å². The van der Waals surface area contributed by atoms with Crippen LogP contribution in [-0.2, 0) is 4.74 Å². The van der Waals surface area contributed by atoms with Gasteiger partial charge in [-0.2, -0.15) is 0 Å². The van der Waals surface area contributed by atoms with Crippen LogP contribution in [0.5, 0.6) is 0 Å². The highest BCUT2D eigenvalue weighted by molar-refractivity contribution is 5.97. The van der Waals surface area contributed by atoms with E-state index in [1.54, 1.807) is 11.2 Å². The maximum atomic E-state index is 6.10. The number of anilines is 1. The van der Waals surface area contributed by atoms with Gasteiger partial charge in [0.15, 0.2) is 5.82 Å². The van der Waals surface area contributed by atoms with Crippen LogP contribution in [0.25, 0.3) is 11.3 Å². The second kappa shape index (κ2) is 6.96. The first-order valence-electron chi connectivity index (χ1n) is 8.71. The summed E-state index contributed by atoms with van der Waals surface area (Å²) in [5.74, 6) is 3.55. The van der Waals surface area contributed by atoms with E-state index in [4.69, 9.17) is 21.9 Å². The van der Waals surface area contributed by atoms with E-state index >= 15 is 0 Å². The molecular weight excluding hydrogens is 338 g/mol. The first kappa shape index (κ1) is 16.9. The van der Waals surface area contributed by atoms with E-state index in [-0.39, 0.29) is 0 Å². The molecule has 2 heterocycles. The number of nitrogens with zero attached hydrogens (tertiary/aromatic N) is 4. The van der Waals surface area contributed by atoms with Crippen LogP contribution in [0.15, 0.2) is 59.4 Å². The summed E-state index contributed by atoms with van der Waals surface area (Å²) in [4.78, 5) is 9.01. The highest BCUT2D eigenvalue weighted by Gasteiger charge is 2.32. The molecule has 2 aromatic rings. The van der Waals surface area contributed by atoms with E-state index in [1.807, 2.05) is 37.4 Å². The van der Waals surface area contributed by atoms with E-state index in [0.717, 1.165) is 29.5 Å². The second-order valence-corrected chi connectivity index (χ2v) is 6.30. The van der Waals surface area contributed by atoms with Gasteiger partial charge in [-0.05, 0) is 18.9 Å². The van der Waals surface area contributed by atoms with Crippen molar-refractivity contribution in [2.45, 2.75) is 19.1 Å². The topological polar surface area (TPSA) is 76.6 Å². The molecule has 1 aliphatic carbocycles. The Morgan fingerprint density at radius 3 is 2.93 bits per heavy atom. The molecule has 1 atom stereocenters. The molecule has 1 aliphatic heterocycles. The van der Waals surface area contributed by atoms with Crippen LogP contribution in [0, 0.1) is 12.3 Å². The van der Waals surface area contributed by atoms with Gasteiger partial charge in [0.2, 0.25) is 12.1 Å². The number of ether oxygens (including phenoxy) is 1. The van der Waals surface area contributed by atoms with Crippen molar-refractivity contribution in [1.82, 2.24) is 15.0 Å². The van der Waals surface area contributed by atoms with Crippen molar-refractivity contribution in [2.24, 2.45) is 5.10 Å². The number of benzene rings is 1. The molecule has 27 heavy (non-hydrogen) atoms. The van der Waals surface area contributed by atoms with E-state index in [2.05, 4.69) is 28.2 Å². The number of hydrazone groups is 1. The van der Waals surface area contributed by atoms with Gasteiger partial charge in [-0.1, -0.05) is 42.3 Å². The highest BCUT2D eigenvalue weighted by Crippen LogP contribution is 2.32. The standard InChI is InChI=1S/C21H19N5O/c1-3-14-9-7-8-12-16(14)17-13-23-19(22)18(24-17)21-26(2)25-20(27-21)15-10-5-4-6-11-15/h1,5,7-13,21H,4,6H2,2H3,(H2,22,23). The lowest BCUT2D eigenvalue weighted by atomic mass is 10.1.